The van der Waals surface area contributed by atoms with Gasteiger partial charge in [-0.05, 0) is 55.0 Å². The second-order valence-electron chi connectivity index (χ2n) is 5.41. The number of nitrogens with one attached hydrogen (secondary N) is 1. The van der Waals surface area contributed by atoms with Gasteiger partial charge in [-0.1, -0.05) is 22.8 Å². The van der Waals surface area contributed by atoms with Crippen molar-refractivity contribution >= 4 is 5.95 Å². The number of aryl methyl sites for hydroxylation is 2. The first kappa shape index (κ1) is 14.3. The average molecular weight is 297 g/mol. The van der Waals surface area contributed by atoms with Crippen molar-refractivity contribution in [3.63, 3.8) is 0 Å². The maximum absolute atomic E-state index is 5.35. The van der Waals surface area contributed by atoms with Gasteiger partial charge in [0.05, 0.1) is 12.0 Å². The van der Waals surface area contributed by atoms with Crippen molar-refractivity contribution in [1.29, 1.82) is 0 Å². The largest absolute Gasteiger partial charge is 0.469 e. The fraction of sp³-hybridized carbons (Fsp3) is 0.312. The number of nitrogens with zero attached hydrogens (tertiary/aromatic N) is 4. The van der Waals surface area contributed by atoms with Gasteiger partial charge in [0, 0.05) is 12.5 Å². The molecule has 0 aliphatic heterocycles. The SMILES string of the molecule is Cc1ccc(-n2nnnc2N[C@@H](C)CCc2ccco2)cc1. The summed E-state index contributed by atoms with van der Waals surface area (Å²) in [4.78, 5) is 0. The second kappa shape index (κ2) is 6.43. The van der Waals surface area contributed by atoms with Gasteiger partial charge >= 0.3 is 0 Å². The molecule has 0 saturated heterocycles. The van der Waals surface area contributed by atoms with E-state index in [0.717, 1.165) is 24.3 Å². The van der Waals surface area contributed by atoms with Crippen LogP contribution < -0.4 is 5.32 Å². The summed E-state index contributed by atoms with van der Waals surface area (Å²) in [6, 6.07) is 12.2. The van der Waals surface area contributed by atoms with E-state index < -0.39 is 0 Å². The first-order valence-electron chi connectivity index (χ1n) is 7.37. The highest BCUT2D eigenvalue weighted by molar-refractivity contribution is 5.40. The molecule has 3 rings (SSSR count). The van der Waals surface area contributed by atoms with Gasteiger partial charge in [-0.15, -0.1) is 0 Å². The van der Waals surface area contributed by atoms with Crippen LogP contribution in [-0.2, 0) is 6.42 Å². The molecule has 0 amide bonds. The van der Waals surface area contributed by atoms with Gasteiger partial charge < -0.3 is 9.73 Å². The minimum atomic E-state index is 0.236. The molecule has 3 aromatic rings. The Balaban J connectivity index is 1.65. The first-order chi connectivity index (χ1) is 10.7. The molecule has 2 aromatic heterocycles. The maximum atomic E-state index is 5.35. The fourth-order valence-electron chi connectivity index (χ4n) is 2.24. The van der Waals surface area contributed by atoms with Crippen molar-refractivity contribution in [3.05, 3.63) is 54.0 Å². The zero-order chi connectivity index (χ0) is 15.4. The van der Waals surface area contributed by atoms with Crippen molar-refractivity contribution in [2.45, 2.75) is 32.7 Å². The molecule has 1 N–H and O–H groups in total. The number of anilines is 1. The molecule has 6 nitrogen and oxygen atoms in total. The Labute approximate surface area is 129 Å². The molecule has 0 aliphatic carbocycles. The van der Waals surface area contributed by atoms with Crippen LogP contribution in [0.3, 0.4) is 0 Å². The summed E-state index contributed by atoms with van der Waals surface area (Å²) in [5.74, 6) is 1.64. The van der Waals surface area contributed by atoms with Gasteiger partial charge in [0.25, 0.3) is 0 Å². The molecule has 22 heavy (non-hydrogen) atoms. The first-order valence-corrected chi connectivity index (χ1v) is 7.37. The molecule has 0 spiro atoms. The Bertz CT molecular complexity index is 702. The Hall–Kier alpha value is -2.63. The third-order valence-electron chi connectivity index (χ3n) is 3.53. The van der Waals surface area contributed by atoms with Crippen LogP contribution in [0.2, 0.25) is 0 Å². The minimum absolute atomic E-state index is 0.236. The number of furan rings is 1. The zero-order valence-corrected chi connectivity index (χ0v) is 12.7. The summed E-state index contributed by atoms with van der Waals surface area (Å²) in [6.45, 7) is 4.16. The predicted octanol–water partition coefficient (Wildman–Crippen LogP) is 3.00. The third kappa shape index (κ3) is 3.33. The van der Waals surface area contributed by atoms with Crippen molar-refractivity contribution in [2.75, 3.05) is 5.32 Å². The van der Waals surface area contributed by atoms with Crippen LogP contribution in [0.4, 0.5) is 5.95 Å². The van der Waals surface area contributed by atoms with E-state index in [0.29, 0.717) is 5.95 Å². The van der Waals surface area contributed by atoms with Gasteiger partial charge in [-0.3, -0.25) is 0 Å². The van der Waals surface area contributed by atoms with Gasteiger partial charge in [-0.25, -0.2) is 0 Å². The molecule has 1 aromatic carbocycles. The average Bonchev–Trinajstić information content (AvgIpc) is 3.17. The van der Waals surface area contributed by atoms with Crippen LogP contribution in [-0.4, -0.2) is 26.2 Å². The molecule has 0 aliphatic rings. The second-order valence-corrected chi connectivity index (χ2v) is 5.41. The quantitative estimate of drug-likeness (QED) is 0.757. The van der Waals surface area contributed by atoms with E-state index in [-0.39, 0.29) is 6.04 Å². The zero-order valence-electron chi connectivity index (χ0n) is 12.7. The van der Waals surface area contributed by atoms with Crippen LogP contribution in [0.5, 0.6) is 0 Å². The van der Waals surface area contributed by atoms with E-state index in [1.54, 1.807) is 10.9 Å². The summed E-state index contributed by atoms with van der Waals surface area (Å²) in [5, 5.41) is 15.2. The van der Waals surface area contributed by atoms with Crippen molar-refractivity contribution in [3.8, 4) is 5.69 Å². The van der Waals surface area contributed by atoms with Crippen LogP contribution in [0.1, 0.15) is 24.7 Å². The lowest BCUT2D eigenvalue weighted by Gasteiger charge is -2.13. The summed E-state index contributed by atoms with van der Waals surface area (Å²) in [5.41, 5.74) is 2.15. The Morgan fingerprint density at radius 3 is 2.77 bits per heavy atom. The van der Waals surface area contributed by atoms with E-state index in [4.69, 9.17) is 4.42 Å². The van der Waals surface area contributed by atoms with E-state index >= 15 is 0 Å². The number of hydrogen-bond donors (Lipinski definition) is 1. The highest BCUT2D eigenvalue weighted by Crippen LogP contribution is 2.14. The summed E-state index contributed by atoms with van der Waals surface area (Å²) in [6.07, 6.45) is 3.52. The molecule has 0 radical (unpaired) electrons. The topological polar surface area (TPSA) is 68.8 Å². The lowest BCUT2D eigenvalue weighted by molar-refractivity contribution is 0.494. The number of tetrazole rings is 1. The fourth-order valence-corrected chi connectivity index (χ4v) is 2.24. The predicted molar refractivity (Wildman–Crippen MR) is 84.0 cm³/mol. The molecule has 114 valence electrons. The molecule has 1 atom stereocenters. The van der Waals surface area contributed by atoms with Crippen LogP contribution >= 0.6 is 0 Å². The Morgan fingerprint density at radius 1 is 1.23 bits per heavy atom. The lowest BCUT2D eigenvalue weighted by atomic mass is 10.1. The highest BCUT2D eigenvalue weighted by Gasteiger charge is 2.11. The summed E-state index contributed by atoms with van der Waals surface area (Å²) in [7, 11) is 0. The number of aromatic nitrogens is 4. The van der Waals surface area contributed by atoms with Crippen molar-refractivity contribution in [2.24, 2.45) is 0 Å². The van der Waals surface area contributed by atoms with E-state index in [1.165, 1.54) is 5.56 Å². The summed E-state index contributed by atoms with van der Waals surface area (Å²) >= 11 is 0. The van der Waals surface area contributed by atoms with Crippen molar-refractivity contribution in [1.82, 2.24) is 20.2 Å². The third-order valence-corrected chi connectivity index (χ3v) is 3.53. The molecule has 0 bridgehead atoms. The number of hydrogen-bond acceptors (Lipinski definition) is 5. The number of rotatable bonds is 6. The van der Waals surface area contributed by atoms with Gasteiger partial charge in [0.2, 0.25) is 5.95 Å². The van der Waals surface area contributed by atoms with Crippen molar-refractivity contribution < 1.29 is 4.42 Å². The molecule has 0 saturated carbocycles. The van der Waals surface area contributed by atoms with Gasteiger partial charge in [0.1, 0.15) is 5.76 Å². The Kier molecular flexibility index (Phi) is 4.18. The molecule has 2 heterocycles. The monoisotopic (exact) mass is 297 g/mol. The van der Waals surface area contributed by atoms with Crippen LogP contribution in [0.15, 0.2) is 47.1 Å². The van der Waals surface area contributed by atoms with E-state index in [9.17, 15) is 0 Å². The number of benzene rings is 1. The van der Waals surface area contributed by atoms with Gasteiger partial charge in [-0.2, -0.15) is 4.68 Å². The normalized spacial score (nSPS) is 12.3. The minimum Gasteiger partial charge on any atom is -0.469 e. The van der Waals surface area contributed by atoms with Crippen LogP contribution in [0.25, 0.3) is 5.69 Å². The van der Waals surface area contributed by atoms with Gasteiger partial charge in [0.15, 0.2) is 0 Å². The summed E-state index contributed by atoms with van der Waals surface area (Å²) < 4.78 is 7.06. The molecule has 6 heteroatoms. The van der Waals surface area contributed by atoms with Crippen LogP contribution in [0, 0.1) is 6.92 Å². The lowest BCUT2D eigenvalue weighted by Crippen LogP contribution is -2.19. The standard InChI is InChI=1S/C16H19N5O/c1-12-5-8-14(9-6-12)21-16(18-19-20-21)17-13(2)7-10-15-4-3-11-22-15/h3-6,8-9,11,13H,7,10H2,1-2H3,(H,17,18,20)/t13-/m0/s1. The van der Waals surface area contributed by atoms with E-state index in [1.807, 2.05) is 36.4 Å². The molecule has 0 unspecified atom stereocenters. The molecular weight excluding hydrogens is 278 g/mol. The van der Waals surface area contributed by atoms with E-state index in [2.05, 4.69) is 34.7 Å². The Morgan fingerprint density at radius 2 is 2.05 bits per heavy atom. The molecule has 0 fully saturated rings. The molecular formula is C16H19N5O. The highest BCUT2D eigenvalue weighted by atomic mass is 16.3. The smallest absolute Gasteiger partial charge is 0.247 e. The maximum Gasteiger partial charge on any atom is 0.247 e.